The van der Waals surface area contributed by atoms with Crippen molar-refractivity contribution in [2.24, 2.45) is 5.18 Å². The molecule has 5 nitrogen and oxygen atoms in total. The van der Waals surface area contributed by atoms with E-state index in [0.29, 0.717) is 5.56 Å². The van der Waals surface area contributed by atoms with Gasteiger partial charge in [-0.05, 0) is 31.9 Å². The number of halogens is 1. The minimum atomic E-state index is -0.775. The second kappa shape index (κ2) is 6.98. The molecular weight excluding hydrogens is 263 g/mol. The van der Waals surface area contributed by atoms with Crippen molar-refractivity contribution < 1.29 is 13.9 Å². The number of carbonyl (C=O) groups excluding carboxylic acids is 1. The lowest BCUT2D eigenvalue weighted by Crippen LogP contribution is -2.35. The van der Waals surface area contributed by atoms with E-state index in [4.69, 9.17) is 4.74 Å². The highest BCUT2D eigenvalue weighted by atomic mass is 19.1. The van der Waals surface area contributed by atoms with Gasteiger partial charge in [0.25, 0.3) is 0 Å². The van der Waals surface area contributed by atoms with Crippen LogP contribution in [0, 0.1) is 4.91 Å². The number of ether oxygens (including phenoxy) is 1. The van der Waals surface area contributed by atoms with Gasteiger partial charge < -0.3 is 10.1 Å². The number of alkyl halides is 1. The second-order valence-electron chi connectivity index (χ2n) is 5.38. The van der Waals surface area contributed by atoms with E-state index in [2.05, 4.69) is 10.5 Å². The lowest BCUT2D eigenvalue weighted by atomic mass is 10.1. The number of carbonyl (C=O) groups is 1. The molecule has 1 N–H and O–H groups in total. The zero-order valence-electron chi connectivity index (χ0n) is 11.9. The van der Waals surface area contributed by atoms with E-state index in [0.717, 1.165) is 5.56 Å². The number of nitrogens with one attached hydrogen (secondary N) is 1. The highest BCUT2D eigenvalue weighted by Gasteiger charge is 2.20. The van der Waals surface area contributed by atoms with Crippen molar-refractivity contribution in [3.63, 3.8) is 0 Å². The van der Waals surface area contributed by atoms with Crippen molar-refractivity contribution >= 4 is 6.09 Å². The number of rotatable bonds is 5. The summed E-state index contributed by atoms with van der Waals surface area (Å²) in [5.74, 6) is 0. The maximum absolute atomic E-state index is 13.0. The summed E-state index contributed by atoms with van der Waals surface area (Å²) in [7, 11) is 0. The standard InChI is InChI=1S/C14H19FN2O3/c1-14(2,3)20-13(18)17-12(8-15)11-6-4-10(5-7-11)9-16-19/h4-7,12H,8-9H2,1-3H3,(H,17,18). The Labute approximate surface area is 117 Å². The molecule has 0 radical (unpaired) electrons. The van der Waals surface area contributed by atoms with Crippen LogP contribution in [0.2, 0.25) is 0 Å². The fourth-order valence-corrected chi connectivity index (χ4v) is 1.59. The molecule has 0 fully saturated rings. The molecule has 1 aromatic rings. The molecule has 110 valence electrons. The smallest absolute Gasteiger partial charge is 0.408 e. The van der Waals surface area contributed by atoms with Crippen molar-refractivity contribution in [1.82, 2.24) is 5.32 Å². The van der Waals surface area contributed by atoms with Crippen molar-refractivity contribution in [2.75, 3.05) is 6.67 Å². The number of hydrogen-bond donors (Lipinski definition) is 1. The molecule has 0 heterocycles. The number of nitrogens with zero attached hydrogens (tertiary/aromatic N) is 1. The third-order valence-corrected chi connectivity index (χ3v) is 2.47. The molecule has 0 aliphatic carbocycles. The zero-order chi connectivity index (χ0) is 15.2. The summed E-state index contributed by atoms with van der Waals surface area (Å²) in [6.45, 7) is 4.53. The van der Waals surface area contributed by atoms with E-state index in [1.165, 1.54) is 0 Å². The topological polar surface area (TPSA) is 67.8 Å². The van der Waals surface area contributed by atoms with Crippen LogP contribution in [0.5, 0.6) is 0 Å². The number of amides is 1. The zero-order valence-corrected chi connectivity index (χ0v) is 11.9. The predicted octanol–water partition coefficient (Wildman–Crippen LogP) is 3.49. The van der Waals surface area contributed by atoms with E-state index >= 15 is 0 Å². The van der Waals surface area contributed by atoms with Gasteiger partial charge in [-0.25, -0.2) is 9.18 Å². The molecule has 0 saturated carbocycles. The van der Waals surface area contributed by atoms with Gasteiger partial charge in [0, 0.05) is 0 Å². The van der Waals surface area contributed by atoms with Gasteiger partial charge >= 0.3 is 6.09 Å². The first-order chi connectivity index (χ1) is 9.35. The summed E-state index contributed by atoms with van der Waals surface area (Å²) in [6, 6.07) is 5.89. The predicted molar refractivity (Wildman–Crippen MR) is 74.0 cm³/mol. The van der Waals surface area contributed by atoms with Gasteiger partial charge in [0.2, 0.25) is 0 Å². The monoisotopic (exact) mass is 282 g/mol. The van der Waals surface area contributed by atoms with Crippen LogP contribution in [-0.2, 0) is 11.3 Å². The molecule has 0 bridgehead atoms. The molecule has 20 heavy (non-hydrogen) atoms. The first kappa shape index (κ1) is 16.1. The molecular formula is C14H19FN2O3. The van der Waals surface area contributed by atoms with Gasteiger partial charge in [0.15, 0.2) is 0 Å². The first-order valence-electron chi connectivity index (χ1n) is 6.29. The van der Waals surface area contributed by atoms with Crippen LogP contribution in [-0.4, -0.2) is 18.4 Å². The first-order valence-corrected chi connectivity index (χ1v) is 6.29. The van der Waals surface area contributed by atoms with Gasteiger partial charge in [-0.15, -0.1) is 0 Å². The Balaban J connectivity index is 2.70. The van der Waals surface area contributed by atoms with Crippen molar-refractivity contribution in [3.05, 3.63) is 40.3 Å². The summed E-state index contributed by atoms with van der Waals surface area (Å²) in [6.07, 6.45) is -0.668. The number of benzene rings is 1. The normalized spacial score (nSPS) is 12.6. The lowest BCUT2D eigenvalue weighted by Gasteiger charge is -2.22. The summed E-state index contributed by atoms with van der Waals surface area (Å²) < 4.78 is 18.1. The Morgan fingerprint density at radius 2 is 1.95 bits per heavy atom. The molecule has 1 amide bonds. The molecule has 0 aliphatic rings. The van der Waals surface area contributed by atoms with Crippen LogP contribution in [0.3, 0.4) is 0 Å². The molecule has 0 aliphatic heterocycles. The van der Waals surface area contributed by atoms with E-state index in [1.807, 2.05) is 0 Å². The minimum Gasteiger partial charge on any atom is -0.444 e. The summed E-state index contributed by atoms with van der Waals surface area (Å²) in [5.41, 5.74) is 0.705. The third-order valence-electron chi connectivity index (χ3n) is 2.47. The van der Waals surface area contributed by atoms with E-state index < -0.39 is 24.4 Å². The molecule has 0 aromatic heterocycles. The van der Waals surface area contributed by atoms with Crippen molar-refractivity contribution in [1.29, 1.82) is 0 Å². The average molecular weight is 282 g/mol. The largest absolute Gasteiger partial charge is 0.444 e. The Morgan fingerprint density at radius 1 is 1.35 bits per heavy atom. The highest BCUT2D eigenvalue weighted by molar-refractivity contribution is 5.68. The van der Waals surface area contributed by atoms with Gasteiger partial charge in [-0.1, -0.05) is 29.4 Å². The average Bonchev–Trinajstić information content (AvgIpc) is 2.35. The fourth-order valence-electron chi connectivity index (χ4n) is 1.59. The van der Waals surface area contributed by atoms with Gasteiger partial charge in [-0.2, -0.15) is 4.91 Å². The fraction of sp³-hybridized carbons (Fsp3) is 0.500. The van der Waals surface area contributed by atoms with Gasteiger partial charge in [-0.3, -0.25) is 0 Å². The van der Waals surface area contributed by atoms with E-state index in [1.54, 1.807) is 45.0 Å². The highest BCUT2D eigenvalue weighted by Crippen LogP contribution is 2.16. The maximum atomic E-state index is 13.0. The molecule has 1 aromatic carbocycles. The molecule has 0 saturated heterocycles. The third kappa shape index (κ3) is 5.34. The Morgan fingerprint density at radius 3 is 2.40 bits per heavy atom. The van der Waals surface area contributed by atoms with Gasteiger partial charge in [0.05, 0.1) is 6.04 Å². The number of alkyl carbamates (subject to hydrolysis) is 1. The summed E-state index contributed by atoms with van der Waals surface area (Å²) in [4.78, 5) is 21.8. The van der Waals surface area contributed by atoms with Crippen molar-refractivity contribution in [3.8, 4) is 0 Å². The summed E-state index contributed by atoms with van der Waals surface area (Å²) in [5, 5.41) is 5.25. The number of hydrogen-bond acceptors (Lipinski definition) is 4. The van der Waals surface area contributed by atoms with Crippen LogP contribution in [0.25, 0.3) is 0 Å². The van der Waals surface area contributed by atoms with Crippen LogP contribution >= 0.6 is 0 Å². The Hall–Kier alpha value is -1.98. The van der Waals surface area contributed by atoms with E-state index in [9.17, 15) is 14.1 Å². The van der Waals surface area contributed by atoms with Gasteiger partial charge in [0.1, 0.15) is 18.8 Å². The van der Waals surface area contributed by atoms with Crippen LogP contribution in [0.4, 0.5) is 9.18 Å². The Bertz CT molecular complexity index is 454. The SMILES string of the molecule is CC(C)(C)OC(=O)NC(CF)c1ccc(CN=O)cc1. The Kier molecular flexibility index (Phi) is 5.61. The maximum Gasteiger partial charge on any atom is 0.408 e. The van der Waals surface area contributed by atoms with Crippen LogP contribution in [0.15, 0.2) is 29.4 Å². The molecule has 1 rings (SSSR count). The molecule has 0 spiro atoms. The minimum absolute atomic E-state index is 0.0695. The molecule has 1 unspecified atom stereocenters. The van der Waals surface area contributed by atoms with Crippen LogP contribution in [0.1, 0.15) is 37.9 Å². The molecule has 6 heteroatoms. The van der Waals surface area contributed by atoms with Crippen LogP contribution < -0.4 is 5.32 Å². The quantitative estimate of drug-likeness (QED) is 0.840. The molecule has 1 atom stereocenters. The van der Waals surface area contributed by atoms with Crippen molar-refractivity contribution in [2.45, 2.75) is 39.0 Å². The second-order valence-corrected chi connectivity index (χ2v) is 5.38. The summed E-state index contributed by atoms with van der Waals surface area (Å²) >= 11 is 0. The lowest BCUT2D eigenvalue weighted by molar-refractivity contribution is 0.0495. The number of nitroso groups, excluding NO2 is 1. The van der Waals surface area contributed by atoms with E-state index in [-0.39, 0.29) is 6.54 Å².